The molecule has 0 saturated carbocycles. The van der Waals surface area contributed by atoms with Crippen LogP contribution in [0.4, 0.5) is 5.69 Å². The fourth-order valence-electron chi connectivity index (χ4n) is 3.20. The summed E-state index contributed by atoms with van der Waals surface area (Å²) >= 11 is 0. The molecule has 0 unspecified atom stereocenters. The van der Waals surface area contributed by atoms with E-state index in [2.05, 4.69) is 5.32 Å². The smallest absolute Gasteiger partial charge is 0.339 e. The van der Waals surface area contributed by atoms with E-state index < -0.39 is 16.5 Å². The maximum Gasteiger partial charge on any atom is 0.339 e. The predicted octanol–water partition coefficient (Wildman–Crippen LogP) is 3.34. The van der Waals surface area contributed by atoms with Gasteiger partial charge in [-0.05, 0) is 31.1 Å². The molecule has 1 saturated heterocycles. The normalized spacial score (nSPS) is 16.2. The highest BCUT2D eigenvalue weighted by atomic mass is 16.6. The number of ether oxygens (including phenoxy) is 1. The summed E-state index contributed by atoms with van der Waals surface area (Å²) in [7, 11) is 0. The summed E-state index contributed by atoms with van der Waals surface area (Å²) < 4.78 is 5.97. The van der Waals surface area contributed by atoms with Crippen molar-refractivity contribution in [3.63, 3.8) is 0 Å². The molecule has 0 radical (unpaired) electrons. The lowest BCUT2D eigenvalue weighted by atomic mass is 9.84. The minimum atomic E-state index is -0.708. The Morgan fingerprint density at radius 2 is 1.84 bits per heavy atom. The summed E-state index contributed by atoms with van der Waals surface area (Å²) in [6, 6.07) is 13.9. The fraction of sp³-hybridized carbons (Fsp3) is 0.316. The van der Waals surface area contributed by atoms with Gasteiger partial charge in [0.05, 0.1) is 10.5 Å². The molecule has 25 heavy (non-hydrogen) atoms. The van der Waals surface area contributed by atoms with Crippen LogP contribution in [-0.4, -0.2) is 24.0 Å². The van der Waals surface area contributed by atoms with Crippen molar-refractivity contribution in [2.24, 2.45) is 0 Å². The minimum absolute atomic E-state index is 0.114. The molecule has 0 spiro atoms. The Labute approximate surface area is 146 Å². The largest absolute Gasteiger partial charge is 0.450 e. The number of non-ortho nitro benzene ring substituents is 1. The third-order valence-corrected chi connectivity index (χ3v) is 4.65. The number of carbonyl (C=O) groups excluding carboxylic acids is 1. The molecule has 0 bridgehead atoms. The summed E-state index contributed by atoms with van der Waals surface area (Å²) in [6.45, 7) is 3.24. The van der Waals surface area contributed by atoms with Crippen molar-refractivity contribution in [1.82, 2.24) is 5.32 Å². The van der Waals surface area contributed by atoms with Crippen molar-refractivity contribution < 1.29 is 14.5 Å². The summed E-state index contributed by atoms with van der Waals surface area (Å²) in [6.07, 6.45) is 1.33. The fourth-order valence-corrected chi connectivity index (χ4v) is 3.20. The number of nitro groups is 1. The van der Waals surface area contributed by atoms with Crippen LogP contribution < -0.4 is 5.32 Å². The van der Waals surface area contributed by atoms with Crippen molar-refractivity contribution in [3.05, 3.63) is 75.3 Å². The first-order valence-corrected chi connectivity index (χ1v) is 8.26. The molecule has 1 N–H and O–H groups in total. The Bertz CT molecular complexity index is 783. The lowest BCUT2D eigenvalue weighted by molar-refractivity contribution is -0.384. The van der Waals surface area contributed by atoms with Gasteiger partial charge in [-0.2, -0.15) is 0 Å². The van der Waals surface area contributed by atoms with E-state index in [9.17, 15) is 14.9 Å². The van der Waals surface area contributed by atoms with Crippen LogP contribution in [0.25, 0.3) is 0 Å². The van der Waals surface area contributed by atoms with Gasteiger partial charge < -0.3 is 10.1 Å². The van der Waals surface area contributed by atoms with Crippen LogP contribution in [0.5, 0.6) is 0 Å². The van der Waals surface area contributed by atoms with E-state index in [0.29, 0.717) is 18.4 Å². The van der Waals surface area contributed by atoms with Crippen molar-refractivity contribution in [2.75, 3.05) is 13.1 Å². The molecule has 130 valence electrons. The second kappa shape index (κ2) is 7.03. The zero-order valence-electron chi connectivity index (χ0n) is 14.0. The van der Waals surface area contributed by atoms with Gasteiger partial charge >= 0.3 is 5.97 Å². The third kappa shape index (κ3) is 3.53. The highest BCUT2D eigenvalue weighted by Gasteiger charge is 2.38. The first kappa shape index (κ1) is 17.1. The molecule has 0 aliphatic carbocycles. The second-order valence-electron chi connectivity index (χ2n) is 6.26. The number of rotatable bonds is 4. The van der Waals surface area contributed by atoms with Crippen LogP contribution in [0, 0.1) is 17.0 Å². The van der Waals surface area contributed by atoms with Crippen molar-refractivity contribution in [1.29, 1.82) is 0 Å². The zero-order valence-corrected chi connectivity index (χ0v) is 14.0. The first-order valence-electron chi connectivity index (χ1n) is 8.26. The van der Waals surface area contributed by atoms with Gasteiger partial charge in [-0.3, -0.25) is 10.1 Å². The van der Waals surface area contributed by atoms with Crippen molar-refractivity contribution in [3.8, 4) is 0 Å². The molecule has 3 rings (SSSR count). The van der Waals surface area contributed by atoms with Crippen LogP contribution in [-0.2, 0) is 10.3 Å². The van der Waals surface area contributed by atoms with E-state index in [1.54, 1.807) is 13.0 Å². The number of aryl methyl sites for hydroxylation is 1. The van der Waals surface area contributed by atoms with Crippen LogP contribution >= 0.6 is 0 Å². The molecule has 1 aliphatic rings. The Hall–Kier alpha value is -2.73. The monoisotopic (exact) mass is 340 g/mol. The molecule has 0 amide bonds. The van der Waals surface area contributed by atoms with Gasteiger partial charge in [0.1, 0.15) is 5.60 Å². The molecule has 0 atom stereocenters. The molecule has 6 heteroatoms. The molecule has 1 heterocycles. The SMILES string of the molecule is Cc1ccc([N+](=O)[O-])cc1C(=O)OC1(c2ccccc2)CCNCC1. The van der Waals surface area contributed by atoms with E-state index in [1.807, 2.05) is 30.3 Å². The standard InChI is InChI=1S/C19H20N2O4/c1-14-7-8-16(21(23)24)13-17(14)18(22)25-19(9-11-20-12-10-19)15-5-3-2-4-6-15/h2-8,13,20H,9-12H2,1H3. The summed E-state index contributed by atoms with van der Waals surface area (Å²) in [5.41, 5.74) is 1.03. The van der Waals surface area contributed by atoms with E-state index in [-0.39, 0.29) is 11.3 Å². The third-order valence-electron chi connectivity index (χ3n) is 4.65. The highest BCUT2D eigenvalue weighted by molar-refractivity contribution is 5.92. The Balaban J connectivity index is 1.94. The van der Waals surface area contributed by atoms with Gasteiger partial charge in [0.15, 0.2) is 0 Å². The first-order chi connectivity index (χ1) is 12.0. The van der Waals surface area contributed by atoms with Gasteiger partial charge in [-0.1, -0.05) is 36.4 Å². The molecular weight excluding hydrogens is 320 g/mol. The van der Waals surface area contributed by atoms with Crippen LogP contribution in [0.2, 0.25) is 0 Å². The lowest BCUT2D eigenvalue weighted by Crippen LogP contribution is -2.43. The van der Waals surface area contributed by atoms with Gasteiger partial charge in [0.25, 0.3) is 5.69 Å². The number of nitrogens with zero attached hydrogens (tertiary/aromatic N) is 1. The number of carbonyl (C=O) groups is 1. The van der Waals surface area contributed by atoms with Gasteiger partial charge in [-0.25, -0.2) is 4.79 Å². The number of nitrogens with one attached hydrogen (secondary N) is 1. The second-order valence-corrected chi connectivity index (χ2v) is 6.26. The quantitative estimate of drug-likeness (QED) is 0.524. The molecule has 1 fully saturated rings. The summed E-state index contributed by atoms with van der Waals surface area (Å²) in [5.74, 6) is -0.521. The minimum Gasteiger partial charge on any atom is -0.450 e. The molecule has 2 aromatic rings. The zero-order chi connectivity index (χ0) is 17.9. The van der Waals surface area contributed by atoms with Crippen LogP contribution in [0.15, 0.2) is 48.5 Å². The summed E-state index contributed by atoms with van der Waals surface area (Å²) in [5, 5.41) is 14.3. The number of benzene rings is 2. The molecular formula is C19H20N2O4. The van der Waals surface area contributed by atoms with Crippen molar-refractivity contribution >= 4 is 11.7 Å². The lowest BCUT2D eigenvalue weighted by Gasteiger charge is -2.37. The molecule has 6 nitrogen and oxygen atoms in total. The van der Waals surface area contributed by atoms with Crippen molar-refractivity contribution in [2.45, 2.75) is 25.4 Å². The number of nitro benzene ring substituents is 1. The average Bonchev–Trinajstić information content (AvgIpc) is 2.63. The van der Waals surface area contributed by atoms with Crippen LogP contribution in [0.1, 0.15) is 34.3 Å². The van der Waals surface area contributed by atoms with E-state index >= 15 is 0 Å². The number of piperidine rings is 1. The van der Waals surface area contributed by atoms with Gasteiger partial charge in [0.2, 0.25) is 0 Å². The average molecular weight is 340 g/mol. The van der Waals surface area contributed by atoms with E-state index in [4.69, 9.17) is 4.74 Å². The predicted molar refractivity (Wildman–Crippen MR) is 93.5 cm³/mol. The Morgan fingerprint density at radius 1 is 1.16 bits per heavy atom. The van der Waals surface area contributed by atoms with Gasteiger partial charge in [-0.15, -0.1) is 0 Å². The number of hydrogen-bond donors (Lipinski definition) is 1. The number of esters is 1. The van der Waals surface area contributed by atoms with E-state index in [0.717, 1.165) is 18.7 Å². The Morgan fingerprint density at radius 3 is 2.48 bits per heavy atom. The molecule has 2 aromatic carbocycles. The number of hydrogen-bond acceptors (Lipinski definition) is 5. The van der Waals surface area contributed by atoms with E-state index in [1.165, 1.54) is 12.1 Å². The van der Waals surface area contributed by atoms with Crippen LogP contribution in [0.3, 0.4) is 0 Å². The summed E-state index contributed by atoms with van der Waals surface area (Å²) in [4.78, 5) is 23.3. The topological polar surface area (TPSA) is 81.5 Å². The van der Waals surface area contributed by atoms with Gasteiger partial charge in [0, 0.05) is 25.0 Å². The molecule has 1 aliphatic heterocycles. The maximum atomic E-state index is 12.8. The maximum absolute atomic E-state index is 12.8. The highest BCUT2D eigenvalue weighted by Crippen LogP contribution is 2.36. The molecule has 0 aromatic heterocycles. The Kier molecular flexibility index (Phi) is 4.81.